The molecule has 1 saturated carbocycles. The molecule has 1 fully saturated rings. The highest BCUT2D eigenvalue weighted by atomic mass is 16.5. The van der Waals surface area contributed by atoms with Crippen molar-refractivity contribution in [2.45, 2.75) is 38.6 Å². The van der Waals surface area contributed by atoms with Crippen LogP contribution in [0.3, 0.4) is 0 Å². The Labute approximate surface area is 165 Å². The number of anilines is 1. The summed E-state index contributed by atoms with van der Waals surface area (Å²) in [6.07, 6.45) is 5.18. The van der Waals surface area contributed by atoms with Crippen molar-refractivity contribution in [2.75, 3.05) is 18.6 Å². The Balaban J connectivity index is 1.45. The van der Waals surface area contributed by atoms with Gasteiger partial charge < -0.3 is 15.0 Å². The molecule has 1 heterocycles. The molecule has 146 valence electrons. The number of hydrogen-bond acceptors (Lipinski definition) is 3. The average Bonchev–Trinajstić information content (AvgIpc) is 2.69. The van der Waals surface area contributed by atoms with Gasteiger partial charge in [0, 0.05) is 24.7 Å². The number of carbonyl (C=O) groups is 2. The van der Waals surface area contributed by atoms with Crippen LogP contribution in [-0.2, 0) is 17.8 Å². The highest BCUT2D eigenvalue weighted by molar-refractivity contribution is 5.97. The second-order valence-electron chi connectivity index (χ2n) is 7.57. The smallest absolute Gasteiger partial charge is 0.255 e. The lowest BCUT2D eigenvalue weighted by Crippen LogP contribution is -2.41. The lowest BCUT2D eigenvalue weighted by Gasteiger charge is -2.35. The molecule has 0 spiro atoms. The maximum Gasteiger partial charge on any atom is 0.255 e. The summed E-state index contributed by atoms with van der Waals surface area (Å²) in [5.41, 5.74) is 3.81. The Kier molecular flexibility index (Phi) is 5.33. The van der Waals surface area contributed by atoms with Crippen LogP contribution in [0.15, 0.2) is 42.5 Å². The molecular formula is C23H26N2O3. The van der Waals surface area contributed by atoms with Crippen LogP contribution < -0.4 is 15.0 Å². The third-order valence-electron chi connectivity index (χ3n) is 5.79. The normalized spacial score (nSPS) is 16.1. The maximum absolute atomic E-state index is 12.7. The van der Waals surface area contributed by atoms with Crippen LogP contribution in [0.25, 0.3) is 0 Å². The second kappa shape index (κ2) is 8.05. The van der Waals surface area contributed by atoms with E-state index < -0.39 is 0 Å². The van der Waals surface area contributed by atoms with Gasteiger partial charge in [-0.1, -0.05) is 30.7 Å². The van der Waals surface area contributed by atoms with Crippen LogP contribution in [0.1, 0.15) is 47.2 Å². The van der Waals surface area contributed by atoms with Crippen LogP contribution in [0.4, 0.5) is 5.69 Å². The molecule has 0 atom stereocenters. The molecule has 0 saturated heterocycles. The molecule has 1 aliphatic carbocycles. The van der Waals surface area contributed by atoms with Crippen molar-refractivity contribution in [1.29, 1.82) is 0 Å². The first kappa shape index (κ1) is 18.5. The fraction of sp³-hybridized carbons (Fsp3) is 0.391. The summed E-state index contributed by atoms with van der Waals surface area (Å²) in [4.78, 5) is 27.2. The number of rotatable bonds is 5. The zero-order valence-electron chi connectivity index (χ0n) is 16.2. The summed E-state index contributed by atoms with van der Waals surface area (Å²) in [5, 5.41) is 2.97. The first-order valence-corrected chi connectivity index (χ1v) is 10.0. The van der Waals surface area contributed by atoms with E-state index >= 15 is 0 Å². The minimum Gasteiger partial charge on any atom is -0.496 e. The van der Waals surface area contributed by atoms with E-state index in [1.54, 1.807) is 19.2 Å². The Hall–Kier alpha value is -2.82. The van der Waals surface area contributed by atoms with Crippen molar-refractivity contribution in [3.05, 3.63) is 59.2 Å². The van der Waals surface area contributed by atoms with Crippen molar-refractivity contribution >= 4 is 17.5 Å². The van der Waals surface area contributed by atoms with E-state index in [1.807, 2.05) is 29.2 Å². The van der Waals surface area contributed by atoms with Gasteiger partial charge in [-0.2, -0.15) is 0 Å². The Bertz CT molecular complexity index is 889. The fourth-order valence-electron chi connectivity index (χ4n) is 3.97. The quantitative estimate of drug-likeness (QED) is 0.863. The van der Waals surface area contributed by atoms with E-state index in [0.29, 0.717) is 17.9 Å². The topological polar surface area (TPSA) is 58.6 Å². The lowest BCUT2D eigenvalue weighted by atomic mass is 9.83. The van der Waals surface area contributed by atoms with Crippen molar-refractivity contribution < 1.29 is 14.3 Å². The van der Waals surface area contributed by atoms with Crippen molar-refractivity contribution in [3.63, 3.8) is 0 Å². The Morgan fingerprint density at radius 1 is 1.14 bits per heavy atom. The molecule has 28 heavy (non-hydrogen) atoms. The molecule has 5 heteroatoms. The van der Waals surface area contributed by atoms with Crippen LogP contribution in [-0.4, -0.2) is 25.5 Å². The number of nitrogens with zero attached hydrogens (tertiary/aromatic N) is 1. The molecule has 0 bridgehead atoms. The number of aryl methyl sites for hydroxylation is 1. The number of carbonyl (C=O) groups excluding carboxylic acids is 2. The van der Waals surface area contributed by atoms with Crippen LogP contribution >= 0.6 is 0 Å². The predicted octanol–water partition coefficient (Wildman–Crippen LogP) is 3.70. The average molecular weight is 378 g/mol. The van der Waals surface area contributed by atoms with E-state index in [1.165, 1.54) is 12.0 Å². The first-order valence-electron chi connectivity index (χ1n) is 10.0. The molecule has 2 aromatic carbocycles. The predicted molar refractivity (Wildman–Crippen MR) is 109 cm³/mol. The van der Waals surface area contributed by atoms with E-state index in [0.717, 1.165) is 43.5 Å². The maximum atomic E-state index is 12.7. The molecule has 1 aliphatic heterocycles. The molecule has 2 aliphatic rings. The van der Waals surface area contributed by atoms with Gasteiger partial charge >= 0.3 is 0 Å². The third-order valence-corrected chi connectivity index (χ3v) is 5.79. The van der Waals surface area contributed by atoms with Crippen LogP contribution in [0.2, 0.25) is 0 Å². The zero-order valence-corrected chi connectivity index (χ0v) is 16.2. The minimum atomic E-state index is -0.156. The van der Waals surface area contributed by atoms with Crippen LogP contribution in [0, 0.1) is 5.92 Å². The molecule has 4 rings (SSSR count). The molecule has 1 N–H and O–H groups in total. The molecule has 5 nitrogen and oxygen atoms in total. The number of methoxy groups -OCH3 is 1. The molecular weight excluding hydrogens is 352 g/mol. The number of amides is 2. The Morgan fingerprint density at radius 3 is 2.71 bits per heavy atom. The number of hydrogen-bond donors (Lipinski definition) is 1. The molecule has 0 aromatic heterocycles. The van der Waals surface area contributed by atoms with Gasteiger partial charge in [-0.05, 0) is 55.0 Å². The van der Waals surface area contributed by atoms with E-state index in [4.69, 9.17) is 4.74 Å². The molecule has 2 aromatic rings. The number of fused-ring (bicyclic) bond motifs is 1. The fourth-order valence-corrected chi connectivity index (χ4v) is 3.97. The third kappa shape index (κ3) is 3.61. The van der Waals surface area contributed by atoms with Gasteiger partial charge in [0.25, 0.3) is 5.91 Å². The molecule has 2 amide bonds. The number of nitrogens with one attached hydrogen (secondary N) is 1. The van der Waals surface area contributed by atoms with E-state index in [9.17, 15) is 9.59 Å². The van der Waals surface area contributed by atoms with Crippen molar-refractivity contribution in [2.24, 2.45) is 5.92 Å². The first-order chi connectivity index (χ1) is 13.7. The molecule has 0 unspecified atom stereocenters. The summed E-state index contributed by atoms with van der Waals surface area (Å²) in [6.45, 7) is 1.26. The number of ether oxygens (including phenoxy) is 1. The van der Waals surface area contributed by atoms with Gasteiger partial charge in [-0.25, -0.2) is 0 Å². The number of benzene rings is 2. The van der Waals surface area contributed by atoms with Crippen molar-refractivity contribution in [1.82, 2.24) is 5.32 Å². The van der Waals surface area contributed by atoms with Crippen molar-refractivity contribution in [3.8, 4) is 5.75 Å². The van der Waals surface area contributed by atoms with Gasteiger partial charge in [-0.15, -0.1) is 0 Å². The Morgan fingerprint density at radius 2 is 1.96 bits per heavy atom. The SMILES string of the molecule is COc1ccccc1C(=O)NCc1ccc2c(c1)CCCN2C(=O)C1CCC1. The highest BCUT2D eigenvalue weighted by Crippen LogP contribution is 2.34. The largest absolute Gasteiger partial charge is 0.496 e. The lowest BCUT2D eigenvalue weighted by molar-refractivity contribution is -0.124. The van der Waals surface area contributed by atoms with E-state index in [2.05, 4.69) is 11.4 Å². The van der Waals surface area contributed by atoms with Gasteiger partial charge in [0.1, 0.15) is 5.75 Å². The van der Waals surface area contributed by atoms with Gasteiger partial charge in [-0.3, -0.25) is 9.59 Å². The highest BCUT2D eigenvalue weighted by Gasteiger charge is 2.32. The monoisotopic (exact) mass is 378 g/mol. The molecule has 0 radical (unpaired) electrons. The van der Waals surface area contributed by atoms with E-state index in [-0.39, 0.29) is 17.7 Å². The summed E-state index contributed by atoms with van der Waals surface area (Å²) in [7, 11) is 1.56. The van der Waals surface area contributed by atoms with Crippen LogP contribution in [0.5, 0.6) is 5.75 Å². The zero-order chi connectivity index (χ0) is 19.5. The summed E-state index contributed by atoms with van der Waals surface area (Å²) >= 11 is 0. The van der Waals surface area contributed by atoms with Gasteiger partial charge in [0.05, 0.1) is 12.7 Å². The summed E-state index contributed by atoms with van der Waals surface area (Å²) < 4.78 is 5.26. The summed E-state index contributed by atoms with van der Waals surface area (Å²) in [6, 6.07) is 13.4. The minimum absolute atomic E-state index is 0.156. The van der Waals surface area contributed by atoms with Gasteiger partial charge in [0.2, 0.25) is 5.91 Å². The second-order valence-corrected chi connectivity index (χ2v) is 7.57. The van der Waals surface area contributed by atoms with Gasteiger partial charge in [0.15, 0.2) is 0 Å². The standard InChI is InChI=1S/C23H26N2O3/c1-28-21-10-3-2-9-19(21)22(26)24-15-16-11-12-20-18(14-16)8-5-13-25(20)23(27)17-6-4-7-17/h2-3,9-12,14,17H,4-8,13,15H2,1H3,(H,24,26). The number of para-hydroxylation sites is 1. The summed E-state index contributed by atoms with van der Waals surface area (Å²) in [5.74, 6) is 0.905.